The van der Waals surface area contributed by atoms with Crippen LogP contribution in [0, 0.1) is 6.92 Å². The minimum atomic E-state index is -1.08. The zero-order chi connectivity index (χ0) is 12.4. The highest BCUT2D eigenvalue weighted by molar-refractivity contribution is 9.10. The zero-order valence-corrected chi connectivity index (χ0v) is 11.2. The molecule has 1 aromatic heterocycles. The van der Waals surface area contributed by atoms with Gasteiger partial charge in [0.2, 0.25) is 0 Å². The number of aryl methyl sites for hydroxylation is 1. The van der Waals surface area contributed by atoms with Gasteiger partial charge in [0.25, 0.3) is 0 Å². The van der Waals surface area contributed by atoms with Crippen molar-refractivity contribution in [2.24, 2.45) is 0 Å². The second kappa shape index (κ2) is 4.92. The van der Waals surface area contributed by atoms with Crippen LogP contribution in [0.5, 0.6) is 0 Å². The first-order valence-electron chi connectivity index (χ1n) is 5.32. The normalized spacial score (nSPS) is 12.5. The molecule has 1 aromatic carbocycles. The van der Waals surface area contributed by atoms with E-state index in [2.05, 4.69) is 25.9 Å². The maximum atomic E-state index is 13.3. The summed E-state index contributed by atoms with van der Waals surface area (Å²) < 4.78 is 14.3. The smallest absolute Gasteiger partial charge is 0.139 e. The molecule has 88 valence electrons. The summed E-state index contributed by atoms with van der Waals surface area (Å²) in [5, 5.41) is 0. The van der Waals surface area contributed by atoms with Gasteiger partial charge in [0.15, 0.2) is 0 Å². The molecule has 17 heavy (non-hydrogen) atoms. The first-order valence-corrected chi connectivity index (χ1v) is 6.11. The maximum absolute atomic E-state index is 13.3. The molecule has 2 rings (SSSR count). The van der Waals surface area contributed by atoms with Crippen LogP contribution in [0.4, 0.5) is 4.39 Å². The van der Waals surface area contributed by atoms with Gasteiger partial charge < -0.3 is 0 Å². The van der Waals surface area contributed by atoms with Crippen molar-refractivity contribution in [1.82, 2.24) is 9.97 Å². The molecule has 1 atom stereocenters. The highest BCUT2D eigenvalue weighted by atomic mass is 79.9. The van der Waals surface area contributed by atoms with Gasteiger partial charge in [-0.15, -0.1) is 0 Å². The van der Waals surface area contributed by atoms with Crippen LogP contribution in [-0.2, 0) is 0 Å². The number of hydrogen-bond donors (Lipinski definition) is 0. The van der Waals surface area contributed by atoms with Crippen molar-refractivity contribution in [3.8, 4) is 11.3 Å². The lowest BCUT2D eigenvalue weighted by Crippen LogP contribution is -1.98. The van der Waals surface area contributed by atoms with E-state index < -0.39 is 6.17 Å². The number of nitrogens with zero attached hydrogens (tertiary/aromatic N) is 2. The highest BCUT2D eigenvalue weighted by Crippen LogP contribution is 2.23. The van der Waals surface area contributed by atoms with E-state index >= 15 is 0 Å². The van der Waals surface area contributed by atoms with E-state index in [1.807, 2.05) is 24.3 Å². The first kappa shape index (κ1) is 12.2. The fourth-order valence-corrected chi connectivity index (χ4v) is 1.83. The lowest BCUT2D eigenvalue weighted by Gasteiger charge is -2.07. The first-order chi connectivity index (χ1) is 8.06. The average molecular weight is 295 g/mol. The number of benzene rings is 1. The van der Waals surface area contributed by atoms with Crippen molar-refractivity contribution >= 4 is 15.9 Å². The molecular weight excluding hydrogens is 283 g/mol. The Morgan fingerprint density at radius 2 is 1.82 bits per heavy atom. The van der Waals surface area contributed by atoms with Crippen molar-refractivity contribution in [1.29, 1.82) is 0 Å². The predicted octanol–water partition coefficient (Wildman–Crippen LogP) is 4.25. The molecule has 0 aliphatic rings. The Hall–Kier alpha value is -1.29. The Morgan fingerprint density at radius 1 is 1.18 bits per heavy atom. The maximum Gasteiger partial charge on any atom is 0.139 e. The Morgan fingerprint density at radius 3 is 2.41 bits per heavy atom. The molecule has 0 aliphatic carbocycles. The van der Waals surface area contributed by atoms with Crippen molar-refractivity contribution in [3.63, 3.8) is 0 Å². The molecule has 2 aromatic rings. The molecule has 0 amide bonds. The van der Waals surface area contributed by atoms with E-state index in [-0.39, 0.29) is 0 Å². The van der Waals surface area contributed by atoms with Crippen LogP contribution >= 0.6 is 15.9 Å². The van der Waals surface area contributed by atoms with Crippen LogP contribution < -0.4 is 0 Å². The number of aromatic nitrogens is 2. The molecular formula is C13H12BrFN2. The summed E-state index contributed by atoms with van der Waals surface area (Å²) in [6.45, 7) is 3.25. The van der Waals surface area contributed by atoms with Gasteiger partial charge in [-0.05, 0) is 32.0 Å². The average Bonchev–Trinajstić information content (AvgIpc) is 2.29. The number of rotatable bonds is 2. The second-order valence-corrected chi connectivity index (χ2v) is 4.76. The lowest BCUT2D eigenvalue weighted by molar-refractivity contribution is 0.365. The standard InChI is InChI=1S/C13H12BrFN2/c1-8(15)12-7-13(17-9(2)16-12)10-3-5-11(14)6-4-10/h3-8H,1-2H3/t8-/m1/s1. The van der Waals surface area contributed by atoms with E-state index in [4.69, 9.17) is 0 Å². The van der Waals surface area contributed by atoms with E-state index in [9.17, 15) is 4.39 Å². The van der Waals surface area contributed by atoms with Crippen molar-refractivity contribution in [2.45, 2.75) is 20.0 Å². The molecule has 0 spiro atoms. The van der Waals surface area contributed by atoms with Crippen LogP contribution in [0.25, 0.3) is 11.3 Å². The molecule has 0 bridgehead atoms. The molecule has 2 nitrogen and oxygen atoms in total. The summed E-state index contributed by atoms with van der Waals surface area (Å²) in [4.78, 5) is 8.40. The van der Waals surface area contributed by atoms with Gasteiger partial charge in [-0.3, -0.25) is 0 Å². The quantitative estimate of drug-likeness (QED) is 0.828. The summed E-state index contributed by atoms with van der Waals surface area (Å²) in [6.07, 6.45) is -1.08. The summed E-state index contributed by atoms with van der Waals surface area (Å²) in [7, 11) is 0. The topological polar surface area (TPSA) is 25.8 Å². The van der Waals surface area contributed by atoms with Gasteiger partial charge in [-0.25, -0.2) is 14.4 Å². The fourth-order valence-electron chi connectivity index (χ4n) is 1.56. The van der Waals surface area contributed by atoms with Crippen molar-refractivity contribution in [2.75, 3.05) is 0 Å². The van der Waals surface area contributed by atoms with Gasteiger partial charge in [0.1, 0.15) is 12.0 Å². The lowest BCUT2D eigenvalue weighted by atomic mass is 10.1. The highest BCUT2D eigenvalue weighted by Gasteiger charge is 2.09. The van der Waals surface area contributed by atoms with Crippen molar-refractivity contribution in [3.05, 3.63) is 46.3 Å². The Kier molecular flexibility index (Phi) is 3.52. The van der Waals surface area contributed by atoms with Gasteiger partial charge in [-0.2, -0.15) is 0 Å². The number of alkyl halides is 1. The van der Waals surface area contributed by atoms with Crippen LogP contribution in [-0.4, -0.2) is 9.97 Å². The van der Waals surface area contributed by atoms with Gasteiger partial charge in [0.05, 0.1) is 11.4 Å². The molecule has 0 radical (unpaired) electrons. The van der Waals surface area contributed by atoms with Gasteiger partial charge in [-0.1, -0.05) is 28.1 Å². The fraction of sp³-hybridized carbons (Fsp3) is 0.231. The van der Waals surface area contributed by atoms with E-state index in [0.717, 1.165) is 15.7 Å². The van der Waals surface area contributed by atoms with Crippen LogP contribution in [0.15, 0.2) is 34.8 Å². The van der Waals surface area contributed by atoms with Gasteiger partial charge in [0, 0.05) is 10.0 Å². The molecule has 0 saturated heterocycles. The predicted molar refractivity (Wildman–Crippen MR) is 69.4 cm³/mol. The molecule has 0 N–H and O–H groups in total. The zero-order valence-electron chi connectivity index (χ0n) is 9.61. The SMILES string of the molecule is Cc1nc(-c2ccc(Br)cc2)cc([C@@H](C)F)n1. The van der Waals surface area contributed by atoms with Crippen LogP contribution in [0.1, 0.15) is 24.6 Å². The number of halogens is 2. The van der Waals surface area contributed by atoms with Crippen LogP contribution in [0.3, 0.4) is 0 Å². The number of hydrogen-bond acceptors (Lipinski definition) is 2. The largest absolute Gasteiger partial charge is 0.241 e. The van der Waals surface area contributed by atoms with E-state index in [1.165, 1.54) is 6.92 Å². The summed E-state index contributed by atoms with van der Waals surface area (Å²) in [5.41, 5.74) is 2.14. The Bertz CT molecular complexity index is 523. The third-order valence-electron chi connectivity index (χ3n) is 2.41. The Balaban J connectivity index is 2.48. The summed E-state index contributed by atoms with van der Waals surface area (Å²) in [5.74, 6) is 0.588. The third kappa shape index (κ3) is 2.88. The molecule has 0 saturated carbocycles. The second-order valence-electron chi connectivity index (χ2n) is 3.85. The Labute approximate surface area is 108 Å². The summed E-state index contributed by atoms with van der Waals surface area (Å²) in [6, 6.07) is 9.45. The van der Waals surface area contributed by atoms with Crippen molar-refractivity contribution < 1.29 is 4.39 Å². The molecule has 1 heterocycles. The van der Waals surface area contributed by atoms with Crippen LogP contribution in [0.2, 0.25) is 0 Å². The molecule has 0 unspecified atom stereocenters. The minimum absolute atomic E-state index is 0.426. The van der Waals surface area contributed by atoms with Gasteiger partial charge >= 0.3 is 0 Å². The monoisotopic (exact) mass is 294 g/mol. The summed E-state index contributed by atoms with van der Waals surface area (Å²) >= 11 is 3.38. The molecule has 4 heteroatoms. The van der Waals surface area contributed by atoms with E-state index in [1.54, 1.807) is 13.0 Å². The van der Waals surface area contributed by atoms with E-state index in [0.29, 0.717) is 11.5 Å². The third-order valence-corrected chi connectivity index (χ3v) is 2.93. The molecule has 0 aliphatic heterocycles. The molecule has 0 fully saturated rings. The minimum Gasteiger partial charge on any atom is -0.241 e.